The monoisotopic (exact) mass is 492 g/mol. The van der Waals surface area contributed by atoms with Crippen molar-refractivity contribution in [1.29, 1.82) is 5.26 Å². The summed E-state index contributed by atoms with van der Waals surface area (Å²) in [6.07, 6.45) is 7.62. The minimum atomic E-state index is -0.549. The van der Waals surface area contributed by atoms with Crippen molar-refractivity contribution in [2.45, 2.75) is 26.2 Å². The molecule has 2 aromatic rings. The first-order chi connectivity index (χ1) is 17.5. The average molecular weight is 493 g/mol. The topological polar surface area (TPSA) is 107 Å². The van der Waals surface area contributed by atoms with Gasteiger partial charge in [-0.05, 0) is 54.0 Å². The van der Waals surface area contributed by atoms with Gasteiger partial charge in [-0.3, -0.25) is 4.79 Å². The predicted octanol–water partition coefficient (Wildman–Crippen LogP) is 4.55. The molecular formula is C28H32N2O6. The standard InChI is InChI=1S/C28H32N2O6/c1-4-5-6-16-35-25-13-9-22(19-26(25)34-3)10-14-27(31)36-24-11-7-21(8-12-24)18-23(20-29)28(32)30-15-17-33-2/h7-14,18-19H,4-6,15-17H2,1-3H3,(H,30,32)/b14-10+,23-18+. The van der Waals surface area contributed by atoms with Gasteiger partial charge in [-0.1, -0.05) is 38.0 Å². The van der Waals surface area contributed by atoms with E-state index in [-0.39, 0.29) is 5.57 Å². The second-order valence-electron chi connectivity index (χ2n) is 7.71. The first-order valence-electron chi connectivity index (χ1n) is 11.7. The van der Waals surface area contributed by atoms with Crippen LogP contribution in [0.15, 0.2) is 54.1 Å². The summed E-state index contributed by atoms with van der Waals surface area (Å²) in [6, 6.07) is 13.8. The number of benzene rings is 2. The number of esters is 1. The molecule has 0 unspecified atom stereocenters. The molecule has 190 valence electrons. The van der Waals surface area contributed by atoms with Crippen LogP contribution in [-0.4, -0.2) is 45.9 Å². The summed E-state index contributed by atoms with van der Waals surface area (Å²) in [7, 11) is 3.10. The number of nitriles is 1. The molecule has 2 aromatic carbocycles. The Kier molecular flexibility index (Phi) is 12.3. The van der Waals surface area contributed by atoms with E-state index in [1.54, 1.807) is 43.5 Å². The third kappa shape index (κ3) is 9.65. The Hall–Kier alpha value is -4.09. The van der Waals surface area contributed by atoms with E-state index in [4.69, 9.17) is 18.9 Å². The maximum Gasteiger partial charge on any atom is 0.336 e. The number of nitrogens with zero attached hydrogens (tertiary/aromatic N) is 1. The first kappa shape index (κ1) is 28.1. The predicted molar refractivity (Wildman–Crippen MR) is 138 cm³/mol. The van der Waals surface area contributed by atoms with Gasteiger partial charge in [0.05, 0.1) is 20.3 Å². The molecule has 0 fully saturated rings. The third-order valence-corrected chi connectivity index (χ3v) is 4.97. The van der Waals surface area contributed by atoms with Gasteiger partial charge in [-0.15, -0.1) is 0 Å². The molecule has 0 aliphatic heterocycles. The number of unbranched alkanes of at least 4 members (excludes halogenated alkanes) is 2. The largest absolute Gasteiger partial charge is 0.493 e. The number of ether oxygens (including phenoxy) is 4. The van der Waals surface area contributed by atoms with Crippen LogP contribution in [0, 0.1) is 11.3 Å². The normalized spacial score (nSPS) is 11.1. The fraction of sp³-hybridized carbons (Fsp3) is 0.321. The van der Waals surface area contributed by atoms with Crippen molar-refractivity contribution in [2.75, 3.05) is 34.0 Å². The van der Waals surface area contributed by atoms with E-state index in [0.29, 0.717) is 42.6 Å². The Balaban J connectivity index is 1.95. The van der Waals surface area contributed by atoms with Crippen molar-refractivity contribution in [3.05, 3.63) is 65.2 Å². The van der Waals surface area contributed by atoms with Crippen molar-refractivity contribution in [3.63, 3.8) is 0 Å². The Morgan fingerprint density at radius 2 is 1.75 bits per heavy atom. The summed E-state index contributed by atoms with van der Waals surface area (Å²) in [5.41, 5.74) is 1.34. The van der Waals surface area contributed by atoms with E-state index in [1.807, 2.05) is 18.2 Å². The van der Waals surface area contributed by atoms with E-state index in [2.05, 4.69) is 12.2 Å². The lowest BCUT2D eigenvalue weighted by Crippen LogP contribution is -2.27. The molecule has 1 N–H and O–H groups in total. The number of carbonyl (C=O) groups is 2. The summed E-state index contributed by atoms with van der Waals surface area (Å²) in [4.78, 5) is 24.3. The second-order valence-corrected chi connectivity index (χ2v) is 7.71. The van der Waals surface area contributed by atoms with Gasteiger partial charge >= 0.3 is 5.97 Å². The average Bonchev–Trinajstić information content (AvgIpc) is 2.89. The number of hydrogen-bond acceptors (Lipinski definition) is 7. The molecule has 0 saturated heterocycles. The van der Waals surface area contributed by atoms with Crippen LogP contribution in [0.3, 0.4) is 0 Å². The zero-order chi connectivity index (χ0) is 26.2. The molecule has 36 heavy (non-hydrogen) atoms. The minimum absolute atomic E-state index is 0.0356. The molecular weight excluding hydrogens is 460 g/mol. The lowest BCUT2D eigenvalue weighted by atomic mass is 10.1. The molecule has 0 bridgehead atoms. The van der Waals surface area contributed by atoms with E-state index in [0.717, 1.165) is 24.8 Å². The van der Waals surface area contributed by atoms with Crippen LogP contribution < -0.4 is 19.5 Å². The van der Waals surface area contributed by atoms with Crippen LogP contribution in [0.5, 0.6) is 17.2 Å². The quantitative estimate of drug-likeness (QED) is 0.136. The highest BCUT2D eigenvalue weighted by Crippen LogP contribution is 2.29. The molecule has 2 rings (SSSR count). The number of nitrogens with one attached hydrogen (secondary N) is 1. The summed E-state index contributed by atoms with van der Waals surface area (Å²) >= 11 is 0. The zero-order valence-electron chi connectivity index (χ0n) is 20.9. The molecule has 0 spiro atoms. The van der Waals surface area contributed by atoms with Crippen LogP contribution in [0.1, 0.15) is 37.3 Å². The van der Waals surface area contributed by atoms with Crippen molar-refractivity contribution < 1.29 is 28.5 Å². The highest BCUT2D eigenvalue weighted by atomic mass is 16.5. The van der Waals surface area contributed by atoms with Gasteiger partial charge in [-0.2, -0.15) is 5.26 Å². The Labute approximate surface area is 212 Å². The molecule has 0 aliphatic rings. The van der Waals surface area contributed by atoms with Crippen LogP contribution in [-0.2, 0) is 14.3 Å². The molecule has 0 atom stereocenters. The van der Waals surface area contributed by atoms with Crippen molar-refractivity contribution in [3.8, 4) is 23.3 Å². The molecule has 0 heterocycles. The number of hydrogen-bond donors (Lipinski definition) is 1. The number of amides is 1. The van der Waals surface area contributed by atoms with Gasteiger partial charge in [0.1, 0.15) is 17.4 Å². The molecule has 0 saturated carbocycles. The fourth-order valence-corrected chi connectivity index (χ4v) is 3.06. The van der Waals surface area contributed by atoms with Crippen molar-refractivity contribution in [2.24, 2.45) is 0 Å². The van der Waals surface area contributed by atoms with Crippen molar-refractivity contribution in [1.82, 2.24) is 5.32 Å². The van der Waals surface area contributed by atoms with Gasteiger partial charge in [0.2, 0.25) is 0 Å². The van der Waals surface area contributed by atoms with Gasteiger partial charge in [0.15, 0.2) is 11.5 Å². The van der Waals surface area contributed by atoms with Gasteiger partial charge in [0, 0.05) is 19.7 Å². The molecule has 8 nitrogen and oxygen atoms in total. The zero-order valence-corrected chi connectivity index (χ0v) is 20.9. The van der Waals surface area contributed by atoms with E-state index >= 15 is 0 Å². The Morgan fingerprint density at radius 3 is 2.42 bits per heavy atom. The highest BCUT2D eigenvalue weighted by molar-refractivity contribution is 6.01. The molecule has 8 heteroatoms. The van der Waals surface area contributed by atoms with Crippen LogP contribution in [0.4, 0.5) is 0 Å². The van der Waals surface area contributed by atoms with E-state index in [1.165, 1.54) is 19.3 Å². The summed E-state index contributed by atoms with van der Waals surface area (Å²) in [6.45, 7) is 3.42. The lowest BCUT2D eigenvalue weighted by molar-refractivity contribution is -0.128. The maximum atomic E-state index is 12.3. The molecule has 1 amide bonds. The number of methoxy groups -OCH3 is 2. The van der Waals surface area contributed by atoms with Gasteiger partial charge in [-0.25, -0.2) is 4.79 Å². The smallest absolute Gasteiger partial charge is 0.336 e. The summed E-state index contributed by atoms with van der Waals surface area (Å²) < 4.78 is 21.4. The lowest BCUT2D eigenvalue weighted by Gasteiger charge is -2.11. The van der Waals surface area contributed by atoms with Gasteiger partial charge in [0.25, 0.3) is 5.91 Å². The van der Waals surface area contributed by atoms with Crippen LogP contribution >= 0.6 is 0 Å². The maximum absolute atomic E-state index is 12.3. The summed E-state index contributed by atoms with van der Waals surface area (Å²) in [5.74, 6) is 0.554. The third-order valence-electron chi connectivity index (χ3n) is 4.97. The molecule has 0 aromatic heterocycles. The van der Waals surface area contributed by atoms with E-state index in [9.17, 15) is 14.9 Å². The van der Waals surface area contributed by atoms with Crippen LogP contribution in [0.2, 0.25) is 0 Å². The van der Waals surface area contributed by atoms with Crippen molar-refractivity contribution >= 4 is 24.0 Å². The fourth-order valence-electron chi connectivity index (χ4n) is 3.06. The Bertz CT molecular complexity index is 1100. The van der Waals surface area contributed by atoms with Gasteiger partial charge < -0.3 is 24.3 Å². The highest BCUT2D eigenvalue weighted by Gasteiger charge is 2.09. The van der Waals surface area contributed by atoms with E-state index < -0.39 is 11.9 Å². The Morgan fingerprint density at radius 1 is 1.00 bits per heavy atom. The number of rotatable bonds is 14. The SMILES string of the molecule is CCCCCOc1ccc(/C=C/C(=O)Oc2ccc(/C=C(\C#N)C(=O)NCCOC)cc2)cc1OC. The van der Waals surface area contributed by atoms with Crippen LogP contribution in [0.25, 0.3) is 12.2 Å². The minimum Gasteiger partial charge on any atom is -0.493 e. The molecule has 0 radical (unpaired) electrons. The number of carbonyl (C=O) groups excluding carboxylic acids is 2. The second kappa shape index (κ2) is 15.7. The summed E-state index contributed by atoms with van der Waals surface area (Å²) in [5, 5.41) is 11.8. The molecule has 0 aliphatic carbocycles. The first-order valence-corrected chi connectivity index (χ1v) is 11.7.